The van der Waals surface area contributed by atoms with Crippen LogP contribution in [0.2, 0.25) is 0 Å². The molecule has 0 aliphatic heterocycles. The molecule has 1 N–H and O–H groups in total. The van der Waals surface area contributed by atoms with Crippen LogP contribution in [0, 0.1) is 0 Å². The molecule has 124 valence electrons. The van der Waals surface area contributed by atoms with Crippen molar-refractivity contribution in [2.75, 3.05) is 25.6 Å². The topological polar surface area (TPSA) is 54.5 Å². The number of benzene rings is 2. The number of fused-ring (bicyclic) bond motifs is 1. The van der Waals surface area contributed by atoms with Crippen molar-refractivity contribution in [1.82, 2.24) is 10.3 Å². The van der Waals surface area contributed by atoms with Gasteiger partial charge < -0.3 is 15.0 Å². The standard InChI is InChI=1S/C18H19N3O2S/c1-21(18-20-15-5-3-4-6-16(15)24-18)12-17(22)19-11-13-7-9-14(23-2)10-8-13/h3-10H,11-12H2,1-2H3,(H,19,22). The SMILES string of the molecule is COc1ccc(CNC(=O)CN(C)c2nc3ccccc3s2)cc1. The summed E-state index contributed by atoms with van der Waals surface area (Å²) in [6, 6.07) is 15.6. The minimum absolute atomic E-state index is 0.0347. The molecule has 0 aliphatic carbocycles. The van der Waals surface area contributed by atoms with E-state index in [0.29, 0.717) is 6.54 Å². The molecule has 0 spiro atoms. The number of anilines is 1. The molecule has 0 aliphatic rings. The van der Waals surface area contributed by atoms with Gasteiger partial charge in [-0.1, -0.05) is 35.6 Å². The molecule has 6 heteroatoms. The van der Waals surface area contributed by atoms with Gasteiger partial charge in [0.2, 0.25) is 5.91 Å². The van der Waals surface area contributed by atoms with Crippen LogP contribution in [0.5, 0.6) is 5.75 Å². The fourth-order valence-electron chi connectivity index (χ4n) is 2.31. The summed E-state index contributed by atoms with van der Waals surface area (Å²) < 4.78 is 6.24. The van der Waals surface area contributed by atoms with Crippen LogP contribution in [-0.4, -0.2) is 31.6 Å². The van der Waals surface area contributed by atoms with Crippen molar-refractivity contribution in [2.45, 2.75) is 6.54 Å². The van der Waals surface area contributed by atoms with Crippen LogP contribution in [-0.2, 0) is 11.3 Å². The molecule has 0 fully saturated rings. The van der Waals surface area contributed by atoms with Gasteiger partial charge in [-0.2, -0.15) is 0 Å². The maximum atomic E-state index is 12.1. The number of thiazole rings is 1. The van der Waals surface area contributed by atoms with Gasteiger partial charge in [0.1, 0.15) is 5.75 Å². The first-order valence-corrected chi connectivity index (χ1v) is 8.43. The number of hydrogen-bond donors (Lipinski definition) is 1. The number of methoxy groups -OCH3 is 1. The van der Waals surface area contributed by atoms with Crippen LogP contribution in [0.4, 0.5) is 5.13 Å². The van der Waals surface area contributed by atoms with Gasteiger partial charge in [-0.25, -0.2) is 4.98 Å². The minimum atomic E-state index is -0.0347. The number of hydrogen-bond acceptors (Lipinski definition) is 5. The van der Waals surface area contributed by atoms with Crippen molar-refractivity contribution in [3.63, 3.8) is 0 Å². The maximum Gasteiger partial charge on any atom is 0.239 e. The van der Waals surface area contributed by atoms with E-state index >= 15 is 0 Å². The minimum Gasteiger partial charge on any atom is -0.497 e. The fraction of sp³-hybridized carbons (Fsp3) is 0.222. The van der Waals surface area contributed by atoms with Gasteiger partial charge in [0.15, 0.2) is 5.13 Å². The molecule has 0 saturated carbocycles. The molecule has 0 bridgehead atoms. The lowest BCUT2D eigenvalue weighted by Crippen LogP contribution is -2.34. The first-order valence-electron chi connectivity index (χ1n) is 7.62. The second kappa shape index (κ2) is 7.31. The highest BCUT2D eigenvalue weighted by Crippen LogP contribution is 2.27. The van der Waals surface area contributed by atoms with Crippen LogP contribution < -0.4 is 15.0 Å². The van der Waals surface area contributed by atoms with Gasteiger partial charge >= 0.3 is 0 Å². The number of ether oxygens (including phenoxy) is 1. The highest BCUT2D eigenvalue weighted by atomic mass is 32.1. The predicted molar refractivity (Wildman–Crippen MR) is 97.7 cm³/mol. The number of amides is 1. The molecule has 3 rings (SSSR count). The van der Waals surface area contributed by atoms with E-state index in [4.69, 9.17) is 4.74 Å². The normalized spacial score (nSPS) is 10.6. The highest BCUT2D eigenvalue weighted by molar-refractivity contribution is 7.22. The Bertz CT molecular complexity index is 797. The van der Waals surface area contributed by atoms with E-state index in [0.717, 1.165) is 26.7 Å². The van der Waals surface area contributed by atoms with Crippen LogP contribution in [0.25, 0.3) is 10.2 Å². The molecule has 0 saturated heterocycles. The van der Waals surface area contributed by atoms with Crippen molar-refractivity contribution in [3.05, 3.63) is 54.1 Å². The third-order valence-electron chi connectivity index (χ3n) is 3.64. The molecule has 1 aromatic heterocycles. The molecular weight excluding hydrogens is 322 g/mol. The Kier molecular flexibility index (Phi) is 4.96. The van der Waals surface area contributed by atoms with Gasteiger partial charge in [0.05, 0.1) is 23.9 Å². The molecule has 2 aromatic carbocycles. The molecular formula is C18H19N3O2S. The number of nitrogens with one attached hydrogen (secondary N) is 1. The highest BCUT2D eigenvalue weighted by Gasteiger charge is 2.11. The van der Waals surface area contributed by atoms with E-state index < -0.39 is 0 Å². The van der Waals surface area contributed by atoms with Gasteiger partial charge in [0.25, 0.3) is 0 Å². The largest absolute Gasteiger partial charge is 0.497 e. The van der Waals surface area contributed by atoms with Crippen LogP contribution in [0.15, 0.2) is 48.5 Å². The molecule has 0 atom stereocenters. The quantitative estimate of drug-likeness (QED) is 0.749. The lowest BCUT2D eigenvalue weighted by molar-refractivity contribution is -0.119. The number of rotatable bonds is 6. The van der Waals surface area contributed by atoms with Crippen molar-refractivity contribution >= 4 is 32.6 Å². The first-order chi connectivity index (χ1) is 11.7. The first kappa shape index (κ1) is 16.3. The van der Waals surface area contributed by atoms with E-state index in [2.05, 4.69) is 10.3 Å². The summed E-state index contributed by atoms with van der Waals surface area (Å²) in [7, 11) is 3.51. The summed E-state index contributed by atoms with van der Waals surface area (Å²) in [5, 5.41) is 3.77. The molecule has 1 heterocycles. The Morgan fingerprint density at radius 3 is 2.67 bits per heavy atom. The van der Waals surface area contributed by atoms with Crippen molar-refractivity contribution in [1.29, 1.82) is 0 Å². The predicted octanol–water partition coefficient (Wildman–Crippen LogP) is 3.06. The van der Waals surface area contributed by atoms with Gasteiger partial charge in [-0.05, 0) is 29.8 Å². The third kappa shape index (κ3) is 3.83. The molecule has 3 aromatic rings. The van der Waals surface area contributed by atoms with Gasteiger partial charge in [0, 0.05) is 13.6 Å². The Balaban J connectivity index is 1.55. The maximum absolute atomic E-state index is 12.1. The molecule has 24 heavy (non-hydrogen) atoms. The van der Waals surface area contributed by atoms with E-state index in [1.54, 1.807) is 18.4 Å². The number of nitrogens with zero attached hydrogens (tertiary/aromatic N) is 2. The Morgan fingerprint density at radius 2 is 1.96 bits per heavy atom. The number of carbonyl (C=O) groups excluding carboxylic acids is 1. The number of aromatic nitrogens is 1. The summed E-state index contributed by atoms with van der Waals surface area (Å²) in [6.07, 6.45) is 0. The zero-order chi connectivity index (χ0) is 16.9. The monoisotopic (exact) mass is 341 g/mol. The van der Waals surface area contributed by atoms with Crippen LogP contribution in [0.1, 0.15) is 5.56 Å². The van der Waals surface area contributed by atoms with Crippen molar-refractivity contribution in [3.8, 4) is 5.75 Å². The molecule has 1 amide bonds. The van der Waals surface area contributed by atoms with Crippen LogP contribution in [0.3, 0.4) is 0 Å². The average molecular weight is 341 g/mol. The Labute approximate surface area is 144 Å². The summed E-state index contributed by atoms with van der Waals surface area (Å²) in [6.45, 7) is 0.770. The van der Waals surface area contributed by atoms with Gasteiger partial charge in [-0.3, -0.25) is 4.79 Å². The van der Waals surface area contributed by atoms with E-state index in [1.807, 2.05) is 60.5 Å². The summed E-state index contributed by atoms with van der Waals surface area (Å²) in [5.74, 6) is 0.771. The molecule has 5 nitrogen and oxygen atoms in total. The third-order valence-corrected chi connectivity index (χ3v) is 4.79. The number of carbonyl (C=O) groups is 1. The summed E-state index contributed by atoms with van der Waals surface area (Å²) in [5.41, 5.74) is 2.00. The molecule has 0 radical (unpaired) electrons. The summed E-state index contributed by atoms with van der Waals surface area (Å²) >= 11 is 1.59. The van der Waals surface area contributed by atoms with Crippen molar-refractivity contribution < 1.29 is 9.53 Å². The van der Waals surface area contributed by atoms with Gasteiger partial charge in [-0.15, -0.1) is 0 Å². The zero-order valence-corrected chi connectivity index (χ0v) is 14.5. The lowest BCUT2D eigenvalue weighted by atomic mass is 10.2. The second-order valence-electron chi connectivity index (χ2n) is 5.45. The Hall–Kier alpha value is -2.60. The number of para-hydroxylation sites is 1. The van der Waals surface area contributed by atoms with Crippen molar-refractivity contribution in [2.24, 2.45) is 0 Å². The van der Waals surface area contributed by atoms with E-state index in [-0.39, 0.29) is 12.5 Å². The van der Waals surface area contributed by atoms with E-state index in [9.17, 15) is 4.79 Å². The number of likely N-dealkylation sites (N-methyl/N-ethyl adjacent to an activating group) is 1. The fourth-order valence-corrected chi connectivity index (χ4v) is 3.23. The van der Waals surface area contributed by atoms with Crippen LogP contribution >= 0.6 is 11.3 Å². The average Bonchev–Trinajstić information content (AvgIpc) is 3.05. The van der Waals surface area contributed by atoms with E-state index in [1.165, 1.54) is 0 Å². The molecule has 0 unspecified atom stereocenters. The smallest absolute Gasteiger partial charge is 0.239 e. The Morgan fingerprint density at radius 1 is 1.21 bits per heavy atom. The lowest BCUT2D eigenvalue weighted by Gasteiger charge is -2.15. The zero-order valence-electron chi connectivity index (χ0n) is 13.7. The second-order valence-corrected chi connectivity index (χ2v) is 6.45. The summed E-state index contributed by atoms with van der Waals surface area (Å²) in [4.78, 5) is 18.6.